The molecule has 0 unspecified atom stereocenters. The number of methoxy groups -OCH3 is 1. The van der Waals surface area contributed by atoms with Crippen LogP contribution >= 0.6 is 0 Å². The number of carboxylic acids is 1. The Morgan fingerprint density at radius 3 is 2.76 bits per heavy atom. The largest absolute Gasteiger partial charge is 0.496 e. The van der Waals surface area contributed by atoms with E-state index in [1.165, 1.54) is 31.4 Å². The molecule has 0 aliphatic carbocycles. The summed E-state index contributed by atoms with van der Waals surface area (Å²) in [7, 11) is 1.46. The molecule has 0 aliphatic heterocycles. The van der Waals surface area contributed by atoms with Crippen LogP contribution < -0.4 is 10.4 Å². The maximum Gasteiger partial charge on any atom is 0.339 e. The molecule has 0 fully saturated rings. The lowest BCUT2D eigenvalue weighted by molar-refractivity contribution is -0.131. The van der Waals surface area contributed by atoms with Crippen molar-refractivity contribution in [3.05, 3.63) is 46.0 Å². The van der Waals surface area contributed by atoms with Crippen molar-refractivity contribution in [1.29, 1.82) is 0 Å². The zero-order valence-corrected chi connectivity index (χ0v) is 9.47. The molecule has 0 bridgehead atoms. The molecule has 0 radical (unpaired) electrons. The predicted molar refractivity (Wildman–Crippen MR) is 62.1 cm³/mol. The summed E-state index contributed by atoms with van der Waals surface area (Å²) >= 11 is 0. The third-order valence-corrected chi connectivity index (χ3v) is 2.02. The van der Waals surface area contributed by atoms with E-state index in [-0.39, 0.29) is 0 Å². The van der Waals surface area contributed by atoms with Gasteiger partial charge in [0.15, 0.2) is 0 Å². The van der Waals surface area contributed by atoms with Gasteiger partial charge in [0, 0.05) is 11.6 Å². The van der Waals surface area contributed by atoms with E-state index < -0.39 is 11.6 Å². The zero-order chi connectivity index (χ0) is 12.8. The van der Waals surface area contributed by atoms with Crippen molar-refractivity contribution in [3.63, 3.8) is 0 Å². The van der Waals surface area contributed by atoms with Crippen molar-refractivity contribution in [1.82, 2.24) is 0 Å². The Labute approximate surface area is 97.6 Å². The van der Waals surface area contributed by atoms with Crippen LogP contribution in [-0.2, 0) is 4.79 Å². The number of rotatable bonds is 4. The van der Waals surface area contributed by atoms with Crippen molar-refractivity contribution < 1.29 is 19.1 Å². The Morgan fingerprint density at radius 2 is 2.18 bits per heavy atom. The van der Waals surface area contributed by atoms with Gasteiger partial charge in [0.05, 0.1) is 13.2 Å². The van der Waals surface area contributed by atoms with E-state index in [1.54, 1.807) is 6.92 Å². The van der Waals surface area contributed by atoms with Gasteiger partial charge in [-0.2, -0.15) is 0 Å². The molecule has 0 atom stereocenters. The maximum absolute atomic E-state index is 11.2. The van der Waals surface area contributed by atoms with Gasteiger partial charge in [-0.1, -0.05) is 12.2 Å². The summed E-state index contributed by atoms with van der Waals surface area (Å²) in [6, 6.07) is 1.25. The Bertz CT molecular complexity index is 522. The zero-order valence-electron chi connectivity index (χ0n) is 9.47. The highest BCUT2D eigenvalue weighted by molar-refractivity contribution is 5.80. The van der Waals surface area contributed by atoms with Gasteiger partial charge in [-0.25, -0.2) is 9.59 Å². The summed E-state index contributed by atoms with van der Waals surface area (Å²) in [6.07, 6.45) is 5.28. The molecule has 5 nitrogen and oxygen atoms in total. The number of hydrogen-bond acceptors (Lipinski definition) is 4. The van der Waals surface area contributed by atoms with E-state index in [0.29, 0.717) is 17.1 Å². The number of carbonyl (C=O) groups is 1. The summed E-state index contributed by atoms with van der Waals surface area (Å²) in [5.41, 5.74) is 0.154. The van der Waals surface area contributed by atoms with Crippen LogP contribution in [0, 0.1) is 6.92 Å². The second-order valence-corrected chi connectivity index (χ2v) is 3.18. The van der Waals surface area contributed by atoms with Gasteiger partial charge in [0.2, 0.25) is 0 Å². The Morgan fingerprint density at radius 1 is 1.47 bits per heavy atom. The van der Waals surface area contributed by atoms with Crippen LogP contribution in [0.25, 0.3) is 6.08 Å². The van der Waals surface area contributed by atoms with E-state index in [2.05, 4.69) is 0 Å². The molecule has 17 heavy (non-hydrogen) atoms. The second-order valence-electron chi connectivity index (χ2n) is 3.18. The van der Waals surface area contributed by atoms with E-state index >= 15 is 0 Å². The minimum Gasteiger partial charge on any atom is -0.496 e. The first kappa shape index (κ1) is 12.8. The fourth-order valence-electron chi connectivity index (χ4n) is 1.20. The number of aliphatic carboxylic acids is 1. The predicted octanol–water partition coefficient (Wildman–Crippen LogP) is 1.61. The topological polar surface area (TPSA) is 76.7 Å². The molecule has 1 heterocycles. The second kappa shape index (κ2) is 5.69. The van der Waals surface area contributed by atoms with Crippen LogP contribution in [-0.4, -0.2) is 18.2 Å². The molecule has 1 rings (SSSR count). The van der Waals surface area contributed by atoms with Crippen LogP contribution in [0.2, 0.25) is 0 Å². The highest BCUT2D eigenvalue weighted by Crippen LogP contribution is 2.19. The SMILES string of the molecule is COc1cc(=O)oc(C=CC=CC(=O)O)c1C. The van der Waals surface area contributed by atoms with Crippen LogP contribution in [0.15, 0.2) is 33.5 Å². The quantitative estimate of drug-likeness (QED) is 0.634. The fraction of sp³-hybridized carbons (Fsp3) is 0.167. The summed E-state index contributed by atoms with van der Waals surface area (Å²) in [5, 5.41) is 8.38. The molecule has 0 aromatic carbocycles. The minimum atomic E-state index is -1.04. The lowest BCUT2D eigenvalue weighted by Crippen LogP contribution is -2.02. The van der Waals surface area contributed by atoms with E-state index in [0.717, 1.165) is 6.08 Å². The average Bonchev–Trinajstić information content (AvgIpc) is 2.28. The Hall–Kier alpha value is -2.30. The first-order valence-corrected chi connectivity index (χ1v) is 4.81. The van der Waals surface area contributed by atoms with E-state index in [9.17, 15) is 9.59 Å². The summed E-state index contributed by atoms with van der Waals surface area (Å²) in [6.45, 7) is 1.74. The van der Waals surface area contributed by atoms with Gasteiger partial charge >= 0.3 is 11.6 Å². The van der Waals surface area contributed by atoms with Gasteiger partial charge in [-0.15, -0.1) is 0 Å². The number of ether oxygens (including phenoxy) is 1. The summed E-state index contributed by atoms with van der Waals surface area (Å²) < 4.78 is 9.96. The van der Waals surface area contributed by atoms with Crippen molar-refractivity contribution in [3.8, 4) is 5.75 Å². The van der Waals surface area contributed by atoms with Gasteiger partial charge in [-0.3, -0.25) is 0 Å². The molecule has 1 N–H and O–H groups in total. The van der Waals surface area contributed by atoms with E-state index in [4.69, 9.17) is 14.3 Å². The molecular formula is C12H12O5. The van der Waals surface area contributed by atoms with Crippen molar-refractivity contribution in [2.75, 3.05) is 7.11 Å². The van der Waals surface area contributed by atoms with Crippen molar-refractivity contribution in [2.24, 2.45) is 0 Å². The Kier molecular flexibility index (Phi) is 4.28. The van der Waals surface area contributed by atoms with Gasteiger partial charge in [0.1, 0.15) is 11.5 Å². The highest BCUT2D eigenvalue weighted by atomic mass is 16.5. The molecule has 0 spiro atoms. The molecule has 90 valence electrons. The number of hydrogen-bond donors (Lipinski definition) is 1. The molecule has 5 heteroatoms. The molecular weight excluding hydrogens is 224 g/mol. The molecule has 1 aromatic heterocycles. The maximum atomic E-state index is 11.2. The van der Waals surface area contributed by atoms with Gasteiger partial charge in [0.25, 0.3) is 0 Å². The lowest BCUT2D eigenvalue weighted by atomic mass is 10.2. The molecule has 0 amide bonds. The molecule has 1 aromatic rings. The van der Waals surface area contributed by atoms with Gasteiger partial charge in [-0.05, 0) is 13.0 Å². The first-order chi connectivity index (χ1) is 8.04. The normalized spacial score (nSPS) is 11.2. The number of carboxylic acid groups (broad SMARTS) is 1. The Balaban J connectivity index is 3.02. The van der Waals surface area contributed by atoms with Gasteiger partial charge < -0.3 is 14.3 Å². The number of allylic oxidation sites excluding steroid dienone is 2. The van der Waals surface area contributed by atoms with E-state index in [1.807, 2.05) is 0 Å². The van der Waals surface area contributed by atoms with Crippen LogP contribution in [0.3, 0.4) is 0 Å². The third-order valence-electron chi connectivity index (χ3n) is 2.02. The van der Waals surface area contributed by atoms with Crippen molar-refractivity contribution in [2.45, 2.75) is 6.92 Å². The van der Waals surface area contributed by atoms with Crippen molar-refractivity contribution >= 4 is 12.0 Å². The third kappa shape index (κ3) is 3.64. The van der Waals surface area contributed by atoms with Crippen LogP contribution in [0.1, 0.15) is 11.3 Å². The summed E-state index contributed by atoms with van der Waals surface area (Å²) in [5.74, 6) is -0.272. The van der Waals surface area contributed by atoms with Crippen LogP contribution in [0.5, 0.6) is 5.75 Å². The monoisotopic (exact) mass is 236 g/mol. The average molecular weight is 236 g/mol. The molecule has 0 saturated carbocycles. The smallest absolute Gasteiger partial charge is 0.339 e. The van der Waals surface area contributed by atoms with Crippen LogP contribution in [0.4, 0.5) is 0 Å². The summed E-state index contributed by atoms with van der Waals surface area (Å²) in [4.78, 5) is 21.4. The lowest BCUT2D eigenvalue weighted by Gasteiger charge is -2.04. The standard InChI is InChI=1S/C12H12O5/c1-8-9(5-3-4-6-11(13)14)17-12(15)7-10(8)16-2/h3-7H,1-2H3,(H,13,14). The first-order valence-electron chi connectivity index (χ1n) is 4.81. The fourth-order valence-corrected chi connectivity index (χ4v) is 1.20. The highest BCUT2D eigenvalue weighted by Gasteiger charge is 2.06. The minimum absolute atomic E-state index is 0.337. The molecule has 0 aliphatic rings. The molecule has 0 saturated heterocycles.